The maximum Gasteiger partial charge on any atom is 0.227 e. The number of aromatic nitrogens is 1. The van der Waals surface area contributed by atoms with Crippen LogP contribution in [0.5, 0.6) is 0 Å². The fourth-order valence-corrected chi connectivity index (χ4v) is 1.34. The van der Waals surface area contributed by atoms with Crippen molar-refractivity contribution in [1.82, 2.24) is 4.98 Å². The topological polar surface area (TPSA) is 42.0 Å². The highest BCUT2D eigenvalue weighted by Gasteiger charge is 2.29. The molecule has 0 aromatic carbocycles. The van der Waals surface area contributed by atoms with E-state index in [1.165, 1.54) is 0 Å². The number of amides is 1. The monoisotopic (exact) mass is 190 g/mol. The Hall–Kier alpha value is -1.38. The van der Waals surface area contributed by atoms with Crippen molar-refractivity contribution in [2.24, 2.45) is 5.92 Å². The number of rotatable bonds is 2. The molecule has 0 spiro atoms. The predicted molar refractivity (Wildman–Crippen MR) is 55.1 cm³/mol. The fourth-order valence-electron chi connectivity index (χ4n) is 1.34. The van der Waals surface area contributed by atoms with E-state index in [0.29, 0.717) is 0 Å². The molecular weight excluding hydrogens is 176 g/mol. The average Bonchev–Trinajstić information content (AvgIpc) is 2.94. The summed E-state index contributed by atoms with van der Waals surface area (Å²) in [5.41, 5.74) is 2.80. The van der Waals surface area contributed by atoms with Gasteiger partial charge in [-0.3, -0.25) is 9.78 Å². The predicted octanol–water partition coefficient (Wildman–Crippen LogP) is 2.05. The molecule has 0 radical (unpaired) electrons. The number of hydrogen-bond acceptors (Lipinski definition) is 2. The third kappa shape index (κ3) is 1.92. The molecule has 1 N–H and O–H groups in total. The van der Waals surface area contributed by atoms with Crippen LogP contribution in [0.3, 0.4) is 0 Å². The van der Waals surface area contributed by atoms with Gasteiger partial charge >= 0.3 is 0 Å². The van der Waals surface area contributed by atoms with Crippen LogP contribution in [0.15, 0.2) is 12.3 Å². The molecule has 1 aromatic heterocycles. The first kappa shape index (κ1) is 9.19. The zero-order chi connectivity index (χ0) is 10.1. The molecule has 0 unspecified atom stereocenters. The van der Waals surface area contributed by atoms with Gasteiger partial charge in [0.05, 0.1) is 11.4 Å². The molecule has 2 rings (SSSR count). The number of hydrogen-bond donors (Lipinski definition) is 1. The largest absolute Gasteiger partial charge is 0.324 e. The van der Waals surface area contributed by atoms with Gasteiger partial charge in [0.2, 0.25) is 5.91 Å². The second kappa shape index (κ2) is 3.40. The van der Waals surface area contributed by atoms with Crippen LogP contribution in [0.2, 0.25) is 0 Å². The van der Waals surface area contributed by atoms with E-state index in [-0.39, 0.29) is 11.8 Å². The quantitative estimate of drug-likeness (QED) is 0.775. The lowest BCUT2D eigenvalue weighted by Gasteiger charge is -2.07. The van der Waals surface area contributed by atoms with Gasteiger partial charge in [-0.05, 0) is 38.3 Å². The molecule has 0 bridgehead atoms. The van der Waals surface area contributed by atoms with Gasteiger partial charge in [-0.1, -0.05) is 0 Å². The zero-order valence-electron chi connectivity index (χ0n) is 8.50. The second-order valence-electron chi connectivity index (χ2n) is 3.91. The lowest BCUT2D eigenvalue weighted by Crippen LogP contribution is -2.14. The van der Waals surface area contributed by atoms with Crippen LogP contribution < -0.4 is 5.32 Å². The van der Waals surface area contributed by atoms with Gasteiger partial charge < -0.3 is 5.32 Å². The molecule has 1 heterocycles. The van der Waals surface area contributed by atoms with Crippen molar-refractivity contribution in [3.8, 4) is 0 Å². The minimum Gasteiger partial charge on any atom is -0.324 e. The highest BCUT2D eigenvalue weighted by Crippen LogP contribution is 2.30. The molecule has 1 fully saturated rings. The first-order valence-corrected chi connectivity index (χ1v) is 4.91. The Labute approximate surface area is 83.5 Å². The van der Waals surface area contributed by atoms with Crippen LogP contribution in [0.1, 0.15) is 24.1 Å². The van der Waals surface area contributed by atoms with Gasteiger partial charge in [0.25, 0.3) is 0 Å². The van der Waals surface area contributed by atoms with Gasteiger partial charge in [-0.2, -0.15) is 0 Å². The summed E-state index contributed by atoms with van der Waals surface area (Å²) >= 11 is 0. The number of anilines is 1. The summed E-state index contributed by atoms with van der Waals surface area (Å²) in [5, 5.41) is 2.91. The molecule has 0 atom stereocenters. The van der Waals surface area contributed by atoms with Crippen LogP contribution in [0, 0.1) is 19.8 Å². The Balaban J connectivity index is 2.14. The lowest BCUT2D eigenvalue weighted by atomic mass is 10.2. The molecule has 0 aliphatic heterocycles. The fraction of sp³-hybridized carbons (Fsp3) is 0.455. The molecule has 3 heteroatoms. The summed E-state index contributed by atoms with van der Waals surface area (Å²) in [7, 11) is 0. The molecule has 74 valence electrons. The van der Waals surface area contributed by atoms with Crippen molar-refractivity contribution in [2.75, 3.05) is 5.32 Å². The van der Waals surface area contributed by atoms with Crippen molar-refractivity contribution >= 4 is 11.6 Å². The van der Waals surface area contributed by atoms with Crippen molar-refractivity contribution < 1.29 is 4.79 Å². The number of carbonyl (C=O) groups is 1. The third-order valence-electron chi connectivity index (χ3n) is 2.43. The van der Waals surface area contributed by atoms with Crippen molar-refractivity contribution in [3.05, 3.63) is 23.5 Å². The maximum atomic E-state index is 11.5. The molecule has 3 nitrogen and oxygen atoms in total. The van der Waals surface area contributed by atoms with Crippen molar-refractivity contribution in [2.45, 2.75) is 26.7 Å². The smallest absolute Gasteiger partial charge is 0.227 e. The normalized spacial score (nSPS) is 15.3. The minimum atomic E-state index is 0.139. The molecule has 1 aromatic rings. The minimum absolute atomic E-state index is 0.139. The summed E-state index contributed by atoms with van der Waals surface area (Å²) in [4.78, 5) is 15.7. The van der Waals surface area contributed by atoms with E-state index < -0.39 is 0 Å². The lowest BCUT2D eigenvalue weighted by molar-refractivity contribution is -0.117. The van der Waals surface area contributed by atoms with E-state index in [2.05, 4.69) is 10.3 Å². The molecule has 1 aliphatic rings. The highest BCUT2D eigenvalue weighted by atomic mass is 16.2. The van der Waals surface area contributed by atoms with Gasteiger partial charge in [0.15, 0.2) is 0 Å². The first-order valence-electron chi connectivity index (χ1n) is 4.91. The Kier molecular flexibility index (Phi) is 2.23. The highest BCUT2D eigenvalue weighted by molar-refractivity contribution is 5.94. The summed E-state index contributed by atoms with van der Waals surface area (Å²) in [6, 6.07) is 1.96. The molecular formula is C11H14N2O. The van der Waals surface area contributed by atoms with Gasteiger partial charge in [0, 0.05) is 12.1 Å². The third-order valence-corrected chi connectivity index (χ3v) is 2.43. The zero-order valence-corrected chi connectivity index (χ0v) is 8.50. The number of carbonyl (C=O) groups excluding carboxylic acids is 1. The van der Waals surface area contributed by atoms with Crippen LogP contribution in [0.4, 0.5) is 5.69 Å². The number of nitrogens with zero attached hydrogens (tertiary/aromatic N) is 1. The van der Waals surface area contributed by atoms with Gasteiger partial charge in [-0.25, -0.2) is 0 Å². The summed E-state index contributed by atoms with van der Waals surface area (Å²) in [6.07, 6.45) is 3.87. The standard InChI is InChI=1S/C11H14N2O/c1-7-5-10(8(2)12-6-7)13-11(14)9-3-4-9/h5-6,9H,3-4H2,1-2H3,(H,13,14). The summed E-state index contributed by atoms with van der Waals surface area (Å²) < 4.78 is 0. The van der Waals surface area contributed by atoms with E-state index in [1.807, 2.05) is 26.1 Å². The van der Waals surface area contributed by atoms with Gasteiger partial charge in [0.1, 0.15) is 0 Å². The van der Waals surface area contributed by atoms with Gasteiger partial charge in [-0.15, -0.1) is 0 Å². The second-order valence-corrected chi connectivity index (χ2v) is 3.91. The average molecular weight is 190 g/mol. The molecule has 0 saturated heterocycles. The summed E-state index contributed by atoms with van der Waals surface area (Å²) in [5.74, 6) is 0.385. The van der Waals surface area contributed by atoms with E-state index in [0.717, 1.165) is 29.8 Å². The molecule has 14 heavy (non-hydrogen) atoms. The molecule has 1 amide bonds. The number of pyridine rings is 1. The Morgan fingerprint density at radius 3 is 2.86 bits per heavy atom. The number of aryl methyl sites for hydroxylation is 2. The van der Waals surface area contributed by atoms with E-state index in [4.69, 9.17) is 0 Å². The number of nitrogens with one attached hydrogen (secondary N) is 1. The molecule has 1 saturated carbocycles. The van der Waals surface area contributed by atoms with Crippen molar-refractivity contribution in [3.63, 3.8) is 0 Å². The van der Waals surface area contributed by atoms with E-state index >= 15 is 0 Å². The van der Waals surface area contributed by atoms with Crippen molar-refractivity contribution in [1.29, 1.82) is 0 Å². The van der Waals surface area contributed by atoms with Crippen LogP contribution in [-0.2, 0) is 4.79 Å². The van der Waals surface area contributed by atoms with E-state index in [1.54, 1.807) is 0 Å². The van der Waals surface area contributed by atoms with E-state index in [9.17, 15) is 4.79 Å². The van der Waals surface area contributed by atoms with Crippen LogP contribution in [0.25, 0.3) is 0 Å². The maximum absolute atomic E-state index is 11.5. The first-order chi connectivity index (χ1) is 6.66. The van der Waals surface area contributed by atoms with Crippen LogP contribution >= 0.6 is 0 Å². The summed E-state index contributed by atoms with van der Waals surface area (Å²) in [6.45, 7) is 3.88. The SMILES string of the molecule is Cc1cnc(C)c(NC(=O)C2CC2)c1. The molecule has 1 aliphatic carbocycles. The Bertz CT molecular complexity index is 370. The Morgan fingerprint density at radius 1 is 1.50 bits per heavy atom. The Morgan fingerprint density at radius 2 is 2.21 bits per heavy atom. The van der Waals surface area contributed by atoms with Crippen LogP contribution in [-0.4, -0.2) is 10.9 Å².